The summed E-state index contributed by atoms with van der Waals surface area (Å²) in [5, 5.41) is 8.73. The molecular weight excluding hydrogens is 203 g/mol. The van der Waals surface area contributed by atoms with Crippen LogP contribution in [0.4, 0.5) is 13.2 Å². The van der Waals surface area contributed by atoms with E-state index in [1.807, 2.05) is 0 Å². The molecule has 0 bridgehead atoms. The van der Waals surface area contributed by atoms with E-state index in [4.69, 9.17) is 0 Å². The second-order valence-electron chi connectivity index (χ2n) is 2.45. The molecule has 74 valence electrons. The molecule has 1 aromatic heterocycles. The Labute approximate surface area is 77.0 Å². The third-order valence-electron chi connectivity index (χ3n) is 1.49. The summed E-state index contributed by atoms with van der Waals surface area (Å²) in [6, 6.07) is -0.200. The molecule has 3 nitrogen and oxygen atoms in total. The van der Waals surface area contributed by atoms with Crippen LogP contribution in [-0.4, -0.2) is 17.2 Å². The van der Waals surface area contributed by atoms with Gasteiger partial charge in [-0.25, -0.2) is 0 Å². The van der Waals surface area contributed by atoms with Gasteiger partial charge in [-0.05, 0) is 14.0 Å². The third kappa shape index (κ3) is 2.38. The third-order valence-corrected chi connectivity index (χ3v) is 2.64. The molecule has 1 aromatic rings. The van der Waals surface area contributed by atoms with E-state index >= 15 is 0 Å². The van der Waals surface area contributed by atoms with E-state index in [9.17, 15) is 13.2 Å². The maximum atomic E-state index is 12.1. The Balaban J connectivity index is 2.87. The highest BCUT2D eigenvalue weighted by atomic mass is 32.1. The molecule has 13 heavy (non-hydrogen) atoms. The molecule has 0 spiro atoms. The second-order valence-corrected chi connectivity index (χ2v) is 3.46. The number of alkyl halides is 3. The predicted octanol–water partition coefficient (Wildman–Crippen LogP) is 1.84. The van der Waals surface area contributed by atoms with Gasteiger partial charge in [-0.15, -0.1) is 10.2 Å². The first-order valence-corrected chi connectivity index (χ1v) is 4.34. The first kappa shape index (κ1) is 10.4. The lowest BCUT2D eigenvalue weighted by Gasteiger charge is -2.03. The van der Waals surface area contributed by atoms with Crippen LogP contribution in [0.2, 0.25) is 0 Å². The molecule has 7 heteroatoms. The average molecular weight is 211 g/mol. The standard InChI is InChI=1S/C6H8F3N3S/c1-3(10-2)4-11-12-5(13-4)6(7,8)9/h3,10H,1-2H3. The first-order valence-electron chi connectivity index (χ1n) is 3.53. The van der Waals surface area contributed by atoms with E-state index in [1.54, 1.807) is 14.0 Å². The summed E-state index contributed by atoms with van der Waals surface area (Å²) in [5.74, 6) is 0. The number of rotatable bonds is 2. The average Bonchev–Trinajstić information content (AvgIpc) is 2.50. The molecule has 0 fully saturated rings. The van der Waals surface area contributed by atoms with Crippen LogP contribution in [0.15, 0.2) is 0 Å². The maximum Gasteiger partial charge on any atom is 0.445 e. The van der Waals surface area contributed by atoms with Crippen molar-refractivity contribution in [1.29, 1.82) is 0 Å². The van der Waals surface area contributed by atoms with Gasteiger partial charge in [0.2, 0.25) is 5.01 Å². The van der Waals surface area contributed by atoms with Gasteiger partial charge >= 0.3 is 6.18 Å². The lowest BCUT2D eigenvalue weighted by molar-refractivity contribution is -0.138. The van der Waals surface area contributed by atoms with Gasteiger partial charge < -0.3 is 5.32 Å². The van der Waals surface area contributed by atoms with Gasteiger partial charge in [0.1, 0.15) is 5.01 Å². The van der Waals surface area contributed by atoms with Gasteiger partial charge in [-0.3, -0.25) is 0 Å². The van der Waals surface area contributed by atoms with Crippen LogP contribution in [0.3, 0.4) is 0 Å². The molecule has 1 heterocycles. The smallest absolute Gasteiger partial charge is 0.311 e. The highest BCUT2D eigenvalue weighted by Gasteiger charge is 2.35. The van der Waals surface area contributed by atoms with Gasteiger partial charge in [-0.1, -0.05) is 11.3 Å². The van der Waals surface area contributed by atoms with Crippen molar-refractivity contribution in [1.82, 2.24) is 15.5 Å². The summed E-state index contributed by atoms with van der Waals surface area (Å²) < 4.78 is 36.2. The molecule has 0 amide bonds. The Bertz CT molecular complexity index is 283. The molecule has 0 aliphatic rings. The van der Waals surface area contributed by atoms with Crippen LogP contribution >= 0.6 is 11.3 Å². The number of aromatic nitrogens is 2. The van der Waals surface area contributed by atoms with Gasteiger partial charge in [0.15, 0.2) is 0 Å². The summed E-state index contributed by atoms with van der Waals surface area (Å²) in [7, 11) is 1.65. The number of nitrogens with zero attached hydrogens (tertiary/aromatic N) is 2. The molecule has 1 atom stereocenters. The number of hydrogen-bond acceptors (Lipinski definition) is 4. The summed E-state index contributed by atoms with van der Waals surface area (Å²) in [6.45, 7) is 1.72. The van der Waals surface area contributed by atoms with Crippen molar-refractivity contribution < 1.29 is 13.2 Å². The highest BCUT2D eigenvalue weighted by molar-refractivity contribution is 7.11. The SMILES string of the molecule is CNC(C)c1nnc(C(F)(F)F)s1. The minimum absolute atomic E-state index is 0.200. The first-order chi connectivity index (χ1) is 5.95. The van der Waals surface area contributed by atoms with Crippen molar-refractivity contribution in [3.8, 4) is 0 Å². The van der Waals surface area contributed by atoms with Crippen molar-refractivity contribution >= 4 is 11.3 Å². The lowest BCUT2D eigenvalue weighted by atomic mass is 10.4. The summed E-state index contributed by atoms with van der Waals surface area (Å²) in [6.07, 6.45) is -4.39. The van der Waals surface area contributed by atoms with Gasteiger partial charge in [0.05, 0.1) is 6.04 Å². The van der Waals surface area contributed by atoms with Gasteiger partial charge in [0.25, 0.3) is 0 Å². The minimum atomic E-state index is -4.39. The molecule has 0 aromatic carbocycles. The fourth-order valence-corrected chi connectivity index (χ4v) is 1.42. The van der Waals surface area contributed by atoms with Crippen molar-refractivity contribution in [3.63, 3.8) is 0 Å². The Hall–Kier alpha value is -0.690. The molecule has 1 N–H and O–H groups in total. The van der Waals surface area contributed by atoms with E-state index in [0.717, 1.165) is 0 Å². The number of halogens is 3. The Morgan fingerprint density at radius 2 is 2.00 bits per heavy atom. The molecule has 0 radical (unpaired) electrons. The Kier molecular flexibility index (Phi) is 2.87. The summed E-state index contributed by atoms with van der Waals surface area (Å²) in [4.78, 5) is 0. The van der Waals surface area contributed by atoms with Gasteiger partial charge in [0, 0.05) is 0 Å². The predicted molar refractivity (Wildman–Crippen MR) is 42.4 cm³/mol. The molecule has 0 saturated carbocycles. The van der Waals surface area contributed by atoms with Crippen LogP contribution in [0, 0.1) is 0 Å². The summed E-state index contributed by atoms with van der Waals surface area (Å²) in [5.41, 5.74) is 0. The zero-order valence-electron chi connectivity index (χ0n) is 7.01. The number of hydrogen-bond donors (Lipinski definition) is 1. The second kappa shape index (κ2) is 3.59. The quantitative estimate of drug-likeness (QED) is 0.811. The largest absolute Gasteiger partial charge is 0.445 e. The number of nitrogens with one attached hydrogen (secondary N) is 1. The zero-order valence-corrected chi connectivity index (χ0v) is 7.83. The van der Waals surface area contributed by atoms with E-state index < -0.39 is 11.2 Å². The van der Waals surface area contributed by atoms with E-state index in [-0.39, 0.29) is 6.04 Å². The molecule has 0 aliphatic heterocycles. The van der Waals surface area contributed by atoms with Crippen LogP contribution in [0.1, 0.15) is 23.0 Å². The van der Waals surface area contributed by atoms with Crippen molar-refractivity contribution in [3.05, 3.63) is 10.0 Å². The fourth-order valence-electron chi connectivity index (χ4n) is 0.648. The molecule has 1 rings (SSSR count). The topological polar surface area (TPSA) is 37.8 Å². The summed E-state index contributed by atoms with van der Waals surface area (Å²) >= 11 is 0.563. The molecular formula is C6H8F3N3S. The van der Waals surface area contributed by atoms with Crippen molar-refractivity contribution in [2.75, 3.05) is 7.05 Å². The maximum absolute atomic E-state index is 12.1. The van der Waals surface area contributed by atoms with E-state index in [1.165, 1.54) is 0 Å². The lowest BCUT2D eigenvalue weighted by Crippen LogP contribution is -2.11. The van der Waals surface area contributed by atoms with Crippen molar-refractivity contribution in [2.45, 2.75) is 19.1 Å². The van der Waals surface area contributed by atoms with Crippen LogP contribution < -0.4 is 5.32 Å². The Morgan fingerprint density at radius 1 is 1.38 bits per heavy atom. The Morgan fingerprint density at radius 3 is 2.38 bits per heavy atom. The monoisotopic (exact) mass is 211 g/mol. The normalized spacial score (nSPS) is 14.5. The minimum Gasteiger partial charge on any atom is -0.311 e. The van der Waals surface area contributed by atoms with E-state index in [2.05, 4.69) is 15.5 Å². The van der Waals surface area contributed by atoms with Crippen LogP contribution in [0.25, 0.3) is 0 Å². The zero-order chi connectivity index (χ0) is 10.1. The van der Waals surface area contributed by atoms with Crippen molar-refractivity contribution in [2.24, 2.45) is 0 Å². The highest BCUT2D eigenvalue weighted by Crippen LogP contribution is 2.32. The van der Waals surface area contributed by atoms with Crippen LogP contribution in [-0.2, 0) is 6.18 Å². The molecule has 0 aliphatic carbocycles. The van der Waals surface area contributed by atoms with Gasteiger partial charge in [-0.2, -0.15) is 13.2 Å². The molecule has 0 saturated heterocycles. The van der Waals surface area contributed by atoms with Crippen LogP contribution in [0.5, 0.6) is 0 Å². The van der Waals surface area contributed by atoms with E-state index in [0.29, 0.717) is 16.3 Å². The fraction of sp³-hybridized carbons (Fsp3) is 0.667. The molecule has 1 unspecified atom stereocenters.